The summed E-state index contributed by atoms with van der Waals surface area (Å²) in [7, 11) is 0. The summed E-state index contributed by atoms with van der Waals surface area (Å²) in [6.07, 6.45) is 4.04. The first-order chi connectivity index (χ1) is 18.1. The van der Waals surface area contributed by atoms with Crippen molar-refractivity contribution in [1.29, 1.82) is 0 Å². The number of pyridine rings is 2. The zero-order chi connectivity index (χ0) is 26.6. The number of fused-ring (bicyclic) bond motifs is 2. The number of carbonyl (C=O) groups is 1. The van der Waals surface area contributed by atoms with E-state index >= 15 is 0 Å². The molecule has 9 nitrogen and oxygen atoms in total. The third-order valence-electron chi connectivity index (χ3n) is 6.80. The molecule has 1 saturated carbocycles. The lowest BCUT2D eigenvalue weighted by Gasteiger charge is -2.32. The summed E-state index contributed by atoms with van der Waals surface area (Å²) in [4.78, 5) is 28.3. The second-order valence-electron chi connectivity index (χ2n) is 9.37. The summed E-state index contributed by atoms with van der Waals surface area (Å²) in [5.74, 6) is 1.13. The van der Waals surface area contributed by atoms with Crippen LogP contribution in [-0.2, 0) is 9.53 Å². The summed E-state index contributed by atoms with van der Waals surface area (Å²) in [6.45, 7) is 3.91. The van der Waals surface area contributed by atoms with E-state index < -0.39 is 6.98 Å². The molecular formula is C26H28N6O3. The quantitative estimate of drug-likeness (QED) is 0.440. The lowest BCUT2D eigenvalue weighted by atomic mass is 10.1. The number of benzene rings is 1. The zero-order valence-electron chi connectivity index (χ0n) is 22.5. The van der Waals surface area contributed by atoms with Crippen LogP contribution in [0.15, 0.2) is 41.1 Å². The summed E-state index contributed by atoms with van der Waals surface area (Å²) in [6, 6.07) is 7.60. The van der Waals surface area contributed by atoms with Gasteiger partial charge in [0.15, 0.2) is 5.58 Å². The van der Waals surface area contributed by atoms with Gasteiger partial charge in [-0.3, -0.25) is 4.79 Å². The predicted molar refractivity (Wildman–Crippen MR) is 136 cm³/mol. The number of oxazole rings is 1. The van der Waals surface area contributed by atoms with Crippen LogP contribution in [0.25, 0.3) is 33.3 Å². The molecule has 6 rings (SSSR count). The van der Waals surface area contributed by atoms with Crippen LogP contribution in [0.3, 0.4) is 0 Å². The van der Waals surface area contributed by atoms with Crippen molar-refractivity contribution in [3.63, 3.8) is 0 Å². The molecule has 0 bridgehead atoms. The highest BCUT2D eigenvalue weighted by Gasteiger charge is 2.39. The van der Waals surface area contributed by atoms with Crippen LogP contribution in [0.5, 0.6) is 0 Å². The van der Waals surface area contributed by atoms with E-state index in [1.807, 2.05) is 25.1 Å². The number of nitrogens with zero attached hydrogens (tertiary/aromatic N) is 4. The highest BCUT2D eigenvalue weighted by Crippen LogP contribution is 2.39. The van der Waals surface area contributed by atoms with E-state index in [9.17, 15) is 4.79 Å². The van der Waals surface area contributed by atoms with E-state index in [0.717, 1.165) is 25.2 Å². The van der Waals surface area contributed by atoms with Gasteiger partial charge in [-0.25, -0.2) is 15.0 Å². The molecule has 0 spiro atoms. The molecule has 3 atom stereocenters. The first kappa shape index (κ1) is 18.6. The van der Waals surface area contributed by atoms with Crippen molar-refractivity contribution in [3.8, 4) is 11.5 Å². The molecule has 1 aromatic carbocycles. The number of hydrogen-bond donors (Lipinski definition) is 2. The molecule has 1 aliphatic heterocycles. The molecule has 0 radical (unpaired) electrons. The van der Waals surface area contributed by atoms with E-state index in [1.54, 1.807) is 6.07 Å². The fraction of sp³-hybridized carbons (Fsp3) is 0.385. The highest BCUT2D eigenvalue weighted by molar-refractivity contribution is 6.03. The fourth-order valence-corrected chi connectivity index (χ4v) is 4.66. The van der Waals surface area contributed by atoms with E-state index in [1.165, 1.54) is 12.4 Å². The average molecular weight is 476 g/mol. The molecule has 1 amide bonds. The Hall–Kier alpha value is -3.72. The Morgan fingerprint density at radius 2 is 2.09 bits per heavy atom. The predicted octanol–water partition coefficient (Wildman–Crippen LogP) is 4.30. The first-order valence-electron chi connectivity index (χ1n) is 13.3. The van der Waals surface area contributed by atoms with Gasteiger partial charge in [0.1, 0.15) is 17.2 Å². The molecule has 2 N–H and O–H groups in total. The van der Waals surface area contributed by atoms with Crippen molar-refractivity contribution in [3.05, 3.63) is 36.7 Å². The highest BCUT2D eigenvalue weighted by atomic mass is 16.5. The number of carbonyl (C=O) groups excluding carboxylic acids is 1. The van der Waals surface area contributed by atoms with Crippen molar-refractivity contribution >= 4 is 45.1 Å². The van der Waals surface area contributed by atoms with E-state index in [4.69, 9.17) is 18.3 Å². The number of ether oxygens (including phenoxy) is 1. The number of morpholine rings is 1. The molecule has 180 valence electrons. The Bertz CT molecular complexity index is 1540. The van der Waals surface area contributed by atoms with Gasteiger partial charge in [0, 0.05) is 58.9 Å². The number of hydrogen-bond acceptors (Lipinski definition) is 8. The number of anilines is 3. The maximum atomic E-state index is 12.5. The molecule has 2 fully saturated rings. The molecule has 0 unspecified atom stereocenters. The van der Waals surface area contributed by atoms with Crippen molar-refractivity contribution < 1.29 is 18.1 Å². The monoisotopic (exact) mass is 475 g/mol. The SMILES string of the molecule is [2H]C([2H])([2H])Nc1ncc(-c2nc3cc(N4CCO[C@H](C)C4)ccc3o2)c2cc(NC(=O)[C@H]3C[C@H]3C)ncc12. The molecule has 3 aromatic heterocycles. The van der Waals surface area contributed by atoms with Crippen molar-refractivity contribution in [2.24, 2.45) is 11.8 Å². The Labute approximate surface area is 207 Å². The maximum Gasteiger partial charge on any atom is 0.229 e. The zero-order valence-corrected chi connectivity index (χ0v) is 19.5. The first-order valence-corrected chi connectivity index (χ1v) is 11.8. The summed E-state index contributed by atoms with van der Waals surface area (Å²) >= 11 is 0. The third kappa shape index (κ3) is 4.05. The van der Waals surface area contributed by atoms with Gasteiger partial charge in [0.2, 0.25) is 11.8 Å². The number of nitrogens with one attached hydrogen (secondary N) is 2. The molecule has 4 aromatic rings. The van der Waals surface area contributed by atoms with Crippen molar-refractivity contribution in [2.75, 3.05) is 42.2 Å². The Kier molecular flexibility index (Phi) is 4.51. The minimum absolute atomic E-state index is 0.0158. The van der Waals surface area contributed by atoms with Crippen molar-refractivity contribution in [1.82, 2.24) is 15.0 Å². The number of aromatic nitrogens is 3. The van der Waals surface area contributed by atoms with Gasteiger partial charge in [0.05, 0.1) is 18.3 Å². The van der Waals surface area contributed by atoms with Crippen LogP contribution in [0.4, 0.5) is 17.3 Å². The minimum atomic E-state index is -2.44. The Morgan fingerprint density at radius 1 is 1.20 bits per heavy atom. The molecule has 4 heterocycles. The van der Waals surface area contributed by atoms with Gasteiger partial charge >= 0.3 is 0 Å². The molecular weight excluding hydrogens is 444 g/mol. The topological polar surface area (TPSA) is 105 Å². The van der Waals surface area contributed by atoms with Crippen LogP contribution in [0.1, 0.15) is 24.4 Å². The summed E-state index contributed by atoms with van der Waals surface area (Å²) < 4.78 is 34.6. The lowest BCUT2D eigenvalue weighted by Crippen LogP contribution is -2.41. The second-order valence-corrected chi connectivity index (χ2v) is 9.37. The van der Waals surface area contributed by atoms with Crippen LogP contribution in [0, 0.1) is 11.8 Å². The lowest BCUT2D eigenvalue weighted by molar-refractivity contribution is -0.117. The van der Waals surface area contributed by atoms with Crippen LogP contribution in [0.2, 0.25) is 0 Å². The van der Waals surface area contributed by atoms with Crippen LogP contribution < -0.4 is 15.5 Å². The second kappa shape index (κ2) is 8.49. The third-order valence-corrected chi connectivity index (χ3v) is 6.80. The largest absolute Gasteiger partial charge is 0.436 e. The van der Waals surface area contributed by atoms with Gasteiger partial charge in [-0.05, 0) is 43.5 Å². The molecule has 1 saturated heterocycles. The van der Waals surface area contributed by atoms with E-state index in [2.05, 4.69) is 32.4 Å². The average Bonchev–Trinajstić information content (AvgIpc) is 3.45. The van der Waals surface area contributed by atoms with Crippen molar-refractivity contribution in [2.45, 2.75) is 26.4 Å². The van der Waals surface area contributed by atoms with Crippen LogP contribution >= 0.6 is 0 Å². The van der Waals surface area contributed by atoms with Gasteiger partial charge in [-0.1, -0.05) is 6.92 Å². The summed E-state index contributed by atoms with van der Waals surface area (Å²) in [5, 5.41) is 6.42. The van der Waals surface area contributed by atoms with E-state index in [0.29, 0.717) is 51.7 Å². The van der Waals surface area contributed by atoms with Gasteiger partial charge in [-0.2, -0.15) is 0 Å². The van der Waals surface area contributed by atoms with Gasteiger partial charge < -0.3 is 24.7 Å². The molecule has 35 heavy (non-hydrogen) atoms. The van der Waals surface area contributed by atoms with Gasteiger partial charge in [-0.15, -0.1) is 0 Å². The van der Waals surface area contributed by atoms with E-state index in [-0.39, 0.29) is 23.7 Å². The molecule has 9 heteroatoms. The minimum Gasteiger partial charge on any atom is -0.436 e. The van der Waals surface area contributed by atoms with Gasteiger partial charge in [0.25, 0.3) is 0 Å². The standard InChI is InChI=1S/C26H28N6O3/c1-14-8-17(14)25(33)31-23-10-18-19(11-28-23)24(27-3)29-12-20(18)26-30-21-9-16(4-5-22(21)35-26)32-6-7-34-15(2)13-32/h4-5,9-12,14-15,17H,6-8,13H2,1-3H3,(H,27,29)(H,28,31,33)/t14-,15-,17+/m1/s1/i3D3. The molecule has 1 aliphatic carbocycles. The Balaban J connectivity index is 1.40. The van der Waals surface area contributed by atoms with Crippen LogP contribution in [-0.4, -0.2) is 53.6 Å². The number of rotatable bonds is 5. The normalized spacial score (nSPS) is 23.5. The number of amides is 1. The Morgan fingerprint density at radius 3 is 2.89 bits per heavy atom. The smallest absolute Gasteiger partial charge is 0.229 e. The fourth-order valence-electron chi connectivity index (χ4n) is 4.66. The maximum absolute atomic E-state index is 12.5. The molecule has 2 aliphatic rings. The summed E-state index contributed by atoms with van der Waals surface area (Å²) in [5.41, 5.74) is 2.91.